The normalized spacial score (nSPS) is 7.06. The second-order valence-electron chi connectivity index (χ2n) is 2.34. The summed E-state index contributed by atoms with van der Waals surface area (Å²) >= 11 is 5.58. The number of hydrogen-bond donors (Lipinski definition) is 0. The Labute approximate surface area is 138 Å². The number of pyridine rings is 2. The molecular formula is C12H16N2Se2Sn. The summed E-state index contributed by atoms with van der Waals surface area (Å²) in [4.78, 5) is 7.85. The van der Waals surface area contributed by atoms with Crippen LogP contribution in [0.3, 0.4) is 0 Å². The summed E-state index contributed by atoms with van der Waals surface area (Å²) in [5, 5.41) is 0. The molecule has 0 fully saturated rings. The van der Waals surface area contributed by atoms with Gasteiger partial charge in [0.05, 0.1) is 0 Å². The Bertz CT molecular complexity index is 320. The molecule has 0 saturated heterocycles. The zero-order valence-electron chi connectivity index (χ0n) is 7.83. The summed E-state index contributed by atoms with van der Waals surface area (Å²) in [6.07, 6.45) is 3.51. The number of aromatic nitrogens is 2. The fraction of sp³-hybridized carbons (Fsp3) is 0.167. The van der Waals surface area contributed by atoms with Crippen molar-refractivity contribution < 1.29 is 0 Å². The van der Waals surface area contributed by atoms with Crippen molar-refractivity contribution in [1.82, 2.24) is 9.97 Å². The molecule has 0 N–H and O–H groups in total. The van der Waals surface area contributed by atoms with E-state index in [2.05, 4.69) is 42.0 Å². The average Bonchev–Trinajstić information content (AvgIpc) is 2.21. The predicted octanol–water partition coefficient (Wildman–Crippen LogP) is 0.642. The smallest absolute Gasteiger partial charge is 2.00 e. The zero-order valence-corrected chi connectivity index (χ0v) is 14.1. The van der Waals surface area contributed by atoms with Crippen molar-refractivity contribution in [3.63, 3.8) is 0 Å². The summed E-state index contributed by atoms with van der Waals surface area (Å²) in [6.45, 7) is 0. The van der Waals surface area contributed by atoms with Gasteiger partial charge >= 0.3 is 124 Å². The van der Waals surface area contributed by atoms with Crippen LogP contribution in [0.5, 0.6) is 0 Å². The van der Waals surface area contributed by atoms with Gasteiger partial charge in [-0.1, -0.05) is 14.9 Å². The summed E-state index contributed by atoms with van der Waals surface area (Å²) in [6, 6.07) is 11.5. The van der Waals surface area contributed by atoms with Crippen LogP contribution in [0.15, 0.2) is 48.8 Å². The van der Waals surface area contributed by atoms with Crippen molar-refractivity contribution in [3.8, 4) is 0 Å². The van der Waals surface area contributed by atoms with Gasteiger partial charge in [-0.3, -0.25) is 0 Å². The molecule has 0 spiro atoms. The molecule has 0 unspecified atom stereocenters. The molecule has 2 aromatic heterocycles. The number of hydrogen-bond acceptors (Lipinski definition) is 2. The Hall–Kier alpha value is 0.138. The van der Waals surface area contributed by atoms with Crippen LogP contribution in [0.4, 0.5) is 0 Å². The van der Waals surface area contributed by atoms with Crippen LogP contribution in [0, 0.1) is 0 Å². The molecule has 0 saturated carbocycles. The largest absolute Gasteiger partial charge is 2.00 e. The van der Waals surface area contributed by atoms with Gasteiger partial charge in [-0.05, 0) is 0 Å². The SMILES string of the molecule is C.C.[Se-]c1ccccn1.[Se-]c1ccccn1.[Sn+2]. The summed E-state index contributed by atoms with van der Waals surface area (Å²) in [5.74, 6) is 0. The Kier molecular flexibility index (Phi) is 18.7. The minimum atomic E-state index is 0. The second-order valence-corrected chi connectivity index (χ2v) is 4.09. The van der Waals surface area contributed by atoms with E-state index in [1.807, 2.05) is 36.4 Å². The quantitative estimate of drug-likeness (QED) is 0.535. The Morgan fingerprint density at radius 3 is 1.18 bits per heavy atom. The van der Waals surface area contributed by atoms with Crippen molar-refractivity contribution in [2.45, 2.75) is 14.9 Å². The van der Waals surface area contributed by atoms with Gasteiger partial charge in [0.25, 0.3) is 0 Å². The van der Waals surface area contributed by atoms with Crippen molar-refractivity contribution in [2.75, 3.05) is 0 Å². The van der Waals surface area contributed by atoms with Crippen LogP contribution in [0.2, 0.25) is 0 Å². The number of nitrogens with zero attached hydrogens (tertiary/aromatic N) is 2. The summed E-state index contributed by atoms with van der Waals surface area (Å²) in [7, 11) is 0. The van der Waals surface area contributed by atoms with E-state index in [1.165, 1.54) is 0 Å². The minimum absolute atomic E-state index is 0. The molecular weight excluding hydrogens is 449 g/mol. The topological polar surface area (TPSA) is 25.8 Å². The molecule has 0 aliphatic heterocycles. The van der Waals surface area contributed by atoms with E-state index in [0.717, 1.165) is 9.18 Å². The van der Waals surface area contributed by atoms with E-state index in [4.69, 9.17) is 0 Å². The molecule has 0 aliphatic rings. The molecule has 0 aliphatic carbocycles. The number of rotatable bonds is 0. The van der Waals surface area contributed by atoms with Gasteiger partial charge < -0.3 is 0 Å². The first-order valence-corrected chi connectivity index (χ1v) is 5.66. The molecule has 0 bridgehead atoms. The average molecular weight is 465 g/mol. The first-order valence-electron chi connectivity index (χ1n) is 3.95. The van der Waals surface area contributed by atoms with Crippen LogP contribution in [-0.4, -0.2) is 65.9 Å². The van der Waals surface area contributed by atoms with Crippen LogP contribution in [0.1, 0.15) is 14.9 Å². The first-order chi connectivity index (χ1) is 6.79. The minimum Gasteiger partial charge on any atom is 2.00 e. The van der Waals surface area contributed by atoms with Crippen LogP contribution >= 0.6 is 0 Å². The van der Waals surface area contributed by atoms with Gasteiger partial charge in [0.15, 0.2) is 0 Å². The zero-order chi connectivity index (χ0) is 10.2. The van der Waals surface area contributed by atoms with E-state index in [9.17, 15) is 0 Å². The Balaban J connectivity index is -0.000000196. The van der Waals surface area contributed by atoms with E-state index < -0.39 is 0 Å². The standard InChI is InChI=1S/2C5H5NSe.2CH4.Sn/c2*7-5-3-1-2-4-6-5;;;/h2*1-4H,(H,6,7);2*1H4;/q;;;;+2/p-2. The van der Waals surface area contributed by atoms with Gasteiger partial charge in [-0.25, -0.2) is 0 Å². The predicted molar refractivity (Wildman–Crippen MR) is 78.5 cm³/mol. The van der Waals surface area contributed by atoms with Gasteiger partial charge in [-0.15, -0.1) is 0 Å². The summed E-state index contributed by atoms with van der Waals surface area (Å²) in [5.41, 5.74) is 0. The van der Waals surface area contributed by atoms with Crippen molar-refractivity contribution in [2.24, 2.45) is 0 Å². The van der Waals surface area contributed by atoms with Crippen LogP contribution in [-0.2, 0) is 0 Å². The van der Waals surface area contributed by atoms with Gasteiger partial charge in [0, 0.05) is 0 Å². The third-order valence-electron chi connectivity index (χ3n) is 1.28. The Morgan fingerprint density at radius 2 is 1.06 bits per heavy atom. The maximum atomic E-state index is 3.92. The van der Waals surface area contributed by atoms with Gasteiger partial charge in [0.1, 0.15) is 0 Å². The molecule has 2 radical (unpaired) electrons. The maximum Gasteiger partial charge on any atom is 2.00 e. The molecule has 17 heavy (non-hydrogen) atoms. The molecule has 90 valence electrons. The van der Waals surface area contributed by atoms with E-state index in [-0.39, 0.29) is 38.8 Å². The molecule has 0 atom stereocenters. The van der Waals surface area contributed by atoms with Crippen LogP contribution in [0.25, 0.3) is 0 Å². The third-order valence-corrected chi connectivity index (χ3v) is 2.29. The Morgan fingerprint density at radius 1 is 0.706 bits per heavy atom. The van der Waals surface area contributed by atoms with Crippen LogP contribution < -0.4 is 9.18 Å². The molecule has 0 amide bonds. The van der Waals surface area contributed by atoms with E-state index in [1.54, 1.807) is 12.4 Å². The van der Waals surface area contributed by atoms with Gasteiger partial charge in [0.2, 0.25) is 0 Å². The molecule has 2 aromatic rings. The molecule has 2 heterocycles. The van der Waals surface area contributed by atoms with Crippen molar-refractivity contribution in [1.29, 1.82) is 0 Å². The van der Waals surface area contributed by atoms with E-state index >= 15 is 0 Å². The first kappa shape index (κ1) is 22.3. The third kappa shape index (κ3) is 12.4. The summed E-state index contributed by atoms with van der Waals surface area (Å²) < 4.78 is 1.89. The second kappa shape index (κ2) is 14.2. The molecule has 0 aromatic carbocycles. The fourth-order valence-corrected chi connectivity index (χ4v) is 1.28. The molecule has 5 heteroatoms. The van der Waals surface area contributed by atoms with E-state index in [0.29, 0.717) is 0 Å². The van der Waals surface area contributed by atoms with Crippen molar-refractivity contribution in [3.05, 3.63) is 48.8 Å². The van der Waals surface area contributed by atoms with Crippen molar-refractivity contribution >= 4 is 65.1 Å². The maximum absolute atomic E-state index is 3.92. The van der Waals surface area contributed by atoms with Gasteiger partial charge in [-0.2, -0.15) is 0 Å². The monoisotopic (exact) mass is 468 g/mol. The molecule has 2 nitrogen and oxygen atoms in total. The fourth-order valence-electron chi connectivity index (χ4n) is 0.694. The molecule has 2 rings (SSSR count).